The molecule has 2 atom stereocenters. The fourth-order valence-electron chi connectivity index (χ4n) is 0.501. The predicted octanol–water partition coefficient (Wildman–Crippen LogP) is -6.36. The summed E-state index contributed by atoms with van der Waals surface area (Å²) in [6, 6.07) is 0. The Bertz CT molecular complexity index is 301. The molecule has 2 unspecified atom stereocenters. The van der Waals surface area contributed by atoms with Crippen LogP contribution in [0.15, 0.2) is 0 Å². The number of carboxylic acids is 4. The van der Waals surface area contributed by atoms with Crippen LogP contribution in [-0.2, 0) is 19.2 Å². The van der Waals surface area contributed by atoms with Gasteiger partial charge in [-0.15, -0.1) is 0 Å². The van der Waals surface area contributed by atoms with Crippen LogP contribution in [0.3, 0.4) is 0 Å². The number of rotatable bonds is 6. The van der Waals surface area contributed by atoms with E-state index in [1.807, 2.05) is 0 Å². The Morgan fingerprint density at radius 2 is 1.15 bits per heavy atom. The van der Waals surface area contributed by atoms with Crippen molar-refractivity contribution in [3.05, 3.63) is 0 Å². The Balaban J connectivity index is -0.000000116. The first-order valence-electron chi connectivity index (χ1n) is 4.31. The van der Waals surface area contributed by atoms with E-state index in [0.717, 1.165) is 0 Å². The SMILES string of the molecule is N.O=C(O)CC(O)C(=O)O.O=C(O)CC(O)C(=O)[O-].[Na+]. The van der Waals surface area contributed by atoms with Crippen molar-refractivity contribution in [2.75, 3.05) is 0 Å². The van der Waals surface area contributed by atoms with Crippen molar-refractivity contribution in [3.8, 4) is 0 Å². The van der Waals surface area contributed by atoms with E-state index in [1.54, 1.807) is 0 Å². The molecule has 0 aliphatic rings. The maximum atomic E-state index is 9.72. The minimum atomic E-state index is -1.90. The summed E-state index contributed by atoms with van der Waals surface area (Å²) in [7, 11) is 0. The average molecular weight is 307 g/mol. The third kappa shape index (κ3) is 19.1. The molecule has 20 heavy (non-hydrogen) atoms. The van der Waals surface area contributed by atoms with Crippen molar-refractivity contribution in [2.45, 2.75) is 25.0 Å². The van der Waals surface area contributed by atoms with Crippen LogP contribution in [0.4, 0.5) is 0 Å². The van der Waals surface area contributed by atoms with E-state index >= 15 is 0 Å². The van der Waals surface area contributed by atoms with Gasteiger partial charge in [0.15, 0.2) is 6.10 Å². The number of carbonyl (C=O) groups excluding carboxylic acids is 1. The summed E-state index contributed by atoms with van der Waals surface area (Å²) in [5.41, 5.74) is 0. The summed E-state index contributed by atoms with van der Waals surface area (Å²) in [6.45, 7) is 0. The van der Waals surface area contributed by atoms with Gasteiger partial charge in [0.25, 0.3) is 0 Å². The first-order valence-corrected chi connectivity index (χ1v) is 4.31. The van der Waals surface area contributed by atoms with E-state index in [9.17, 15) is 24.3 Å². The quantitative estimate of drug-likeness (QED) is 0.253. The van der Waals surface area contributed by atoms with Gasteiger partial charge in [0.2, 0.25) is 0 Å². The summed E-state index contributed by atoms with van der Waals surface area (Å²) in [5, 5.41) is 49.9. The van der Waals surface area contributed by atoms with Gasteiger partial charge in [-0.1, -0.05) is 0 Å². The summed E-state index contributed by atoms with van der Waals surface area (Å²) in [4.78, 5) is 38.7. The van der Waals surface area contributed by atoms with Gasteiger partial charge in [-0.25, -0.2) is 4.79 Å². The molecule has 0 aromatic rings. The minimum absolute atomic E-state index is 0. The fourth-order valence-corrected chi connectivity index (χ4v) is 0.501. The second-order valence-corrected chi connectivity index (χ2v) is 2.88. The molecule has 112 valence electrons. The Morgan fingerprint density at radius 3 is 1.25 bits per heavy atom. The van der Waals surface area contributed by atoms with Crippen molar-refractivity contribution >= 4 is 23.9 Å². The van der Waals surface area contributed by atoms with Gasteiger partial charge >= 0.3 is 47.5 Å². The second-order valence-electron chi connectivity index (χ2n) is 2.88. The molecule has 0 aromatic heterocycles. The molecule has 0 saturated carbocycles. The van der Waals surface area contributed by atoms with Gasteiger partial charge < -0.3 is 41.6 Å². The molecule has 0 bridgehead atoms. The molecule has 0 spiro atoms. The molecule has 0 fully saturated rings. The zero-order valence-electron chi connectivity index (χ0n) is 10.6. The van der Waals surface area contributed by atoms with Crippen molar-refractivity contribution in [1.82, 2.24) is 6.15 Å². The predicted molar refractivity (Wildman–Crippen MR) is 54.2 cm³/mol. The number of aliphatic carboxylic acids is 4. The van der Waals surface area contributed by atoms with Gasteiger partial charge in [0.1, 0.15) is 6.10 Å². The van der Waals surface area contributed by atoms with Crippen LogP contribution >= 0.6 is 0 Å². The molecule has 8 N–H and O–H groups in total. The number of hydrogen-bond donors (Lipinski definition) is 6. The number of carboxylic acid groups (broad SMARTS) is 4. The number of hydrogen-bond acceptors (Lipinski definition) is 8. The first kappa shape index (κ1) is 27.2. The summed E-state index contributed by atoms with van der Waals surface area (Å²) >= 11 is 0. The van der Waals surface area contributed by atoms with Crippen molar-refractivity contribution in [3.63, 3.8) is 0 Å². The largest absolute Gasteiger partial charge is 1.00 e. The first-order chi connectivity index (χ1) is 8.07. The molecule has 11 nitrogen and oxygen atoms in total. The van der Waals surface area contributed by atoms with E-state index in [4.69, 9.17) is 25.5 Å². The van der Waals surface area contributed by atoms with Crippen LogP contribution in [0.1, 0.15) is 12.8 Å². The van der Waals surface area contributed by atoms with Gasteiger partial charge in [-0.3, -0.25) is 9.59 Å². The molecule has 0 saturated heterocycles. The van der Waals surface area contributed by atoms with Crippen LogP contribution in [0.5, 0.6) is 0 Å². The van der Waals surface area contributed by atoms with Crippen molar-refractivity contribution < 1.29 is 79.4 Å². The van der Waals surface area contributed by atoms with Crippen LogP contribution in [0.25, 0.3) is 0 Å². The van der Waals surface area contributed by atoms with E-state index in [1.165, 1.54) is 0 Å². The van der Waals surface area contributed by atoms with Crippen LogP contribution < -0.4 is 40.8 Å². The minimum Gasteiger partial charge on any atom is -0.547 e. The third-order valence-corrected chi connectivity index (χ3v) is 1.29. The fraction of sp³-hybridized carbons (Fsp3) is 0.500. The molecule has 0 aromatic carbocycles. The van der Waals surface area contributed by atoms with E-state index < -0.39 is 48.9 Å². The van der Waals surface area contributed by atoms with Gasteiger partial charge in [-0.05, 0) is 0 Å². The van der Waals surface area contributed by atoms with Crippen LogP contribution in [-0.4, -0.2) is 61.6 Å². The van der Waals surface area contributed by atoms with Crippen LogP contribution in [0.2, 0.25) is 0 Å². The maximum absolute atomic E-state index is 9.72. The molecule has 0 aliphatic carbocycles. The Morgan fingerprint density at radius 1 is 0.850 bits per heavy atom. The van der Waals surface area contributed by atoms with E-state index in [0.29, 0.717) is 0 Å². The molecular formula is C8H14NNaO10. The zero-order chi connectivity index (χ0) is 14.9. The smallest absolute Gasteiger partial charge is 0.547 e. The van der Waals surface area contributed by atoms with Crippen molar-refractivity contribution in [2.24, 2.45) is 0 Å². The van der Waals surface area contributed by atoms with E-state index in [2.05, 4.69) is 0 Å². The third-order valence-electron chi connectivity index (χ3n) is 1.29. The van der Waals surface area contributed by atoms with Crippen molar-refractivity contribution in [1.29, 1.82) is 0 Å². The Kier molecular flexibility index (Phi) is 19.3. The second kappa shape index (κ2) is 14.2. The standard InChI is InChI=1S/2C4H6O5.H3N.Na/c2*5-2(4(8)9)1-3(6)7;;/h2*2,5H,1H2,(H,6,7)(H,8,9);1H3;/q;;;+1/p-1. The molecule has 0 heterocycles. The monoisotopic (exact) mass is 307 g/mol. The topological polar surface area (TPSA) is 227 Å². The summed E-state index contributed by atoms with van der Waals surface area (Å²) in [5.74, 6) is -5.98. The molecule has 12 heteroatoms. The molecule has 0 aliphatic heterocycles. The number of carbonyl (C=O) groups is 4. The van der Waals surface area contributed by atoms with Crippen LogP contribution in [0, 0.1) is 0 Å². The van der Waals surface area contributed by atoms with Gasteiger partial charge in [-0.2, -0.15) is 0 Å². The Labute approximate surface area is 134 Å². The van der Waals surface area contributed by atoms with Gasteiger partial charge in [0.05, 0.1) is 18.8 Å². The summed E-state index contributed by atoms with van der Waals surface area (Å²) < 4.78 is 0. The average Bonchev–Trinajstić information content (AvgIpc) is 2.16. The number of aliphatic hydroxyl groups is 2. The maximum Gasteiger partial charge on any atom is 1.00 e. The number of aliphatic hydroxyl groups excluding tert-OH is 2. The summed E-state index contributed by atoms with van der Waals surface area (Å²) in [6.07, 6.45) is -5.26. The molecule has 0 rings (SSSR count). The molecular weight excluding hydrogens is 293 g/mol. The molecule has 0 radical (unpaired) electrons. The molecule has 0 amide bonds. The Hall–Kier alpha value is -1.24. The zero-order valence-corrected chi connectivity index (χ0v) is 12.6. The van der Waals surface area contributed by atoms with E-state index in [-0.39, 0.29) is 35.7 Å². The normalized spacial score (nSPS) is 11.3. The van der Waals surface area contributed by atoms with Gasteiger partial charge in [0, 0.05) is 0 Å².